The van der Waals surface area contributed by atoms with Crippen LogP contribution in [0.5, 0.6) is 11.5 Å². The SMILES string of the molecule is COc1ccc(CN(C)CC(=O)NCc2ccc(OC(F)F)cc2)cc1. The number of hydrogen-bond acceptors (Lipinski definition) is 4. The van der Waals surface area contributed by atoms with Gasteiger partial charge in [-0.2, -0.15) is 8.78 Å². The van der Waals surface area contributed by atoms with Gasteiger partial charge in [0.05, 0.1) is 13.7 Å². The predicted octanol–water partition coefficient (Wildman–Crippen LogP) is 3.04. The lowest BCUT2D eigenvalue weighted by Crippen LogP contribution is -2.34. The summed E-state index contributed by atoms with van der Waals surface area (Å²) in [6.07, 6.45) is 0. The summed E-state index contributed by atoms with van der Waals surface area (Å²) >= 11 is 0. The van der Waals surface area contributed by atoms with E-state index in [4.69, 9.17) is 4.74 Å². The molecule has 1 amide bonds. The highest BCUT2D eigenvalue weighted by Gasteiger charge is 2.08. The van der Waals surface area contributed by atoms with Crippen molar-refractivity contribution in [3.63, 3.8) is 0 Å². The highest BCUT2D eigenvalue weighted by molar-refractivity contribution is 5.77. The summed E-state index contributed by atoms with van der Waals surface area (Å²) in [6, 6.07) is 13.8. The van der Waals surface area contributed by atoms with Crippen LogP contribution in [0.2, 0.25) is 0 Å². The quantitative estimate of drug-likeness (QED) is 0.743. The lowest BCUT2D eigenvalue weighted by atomic mass is 10.2. The number of ether oxygens (including phenoxy) is 2. The molecular weight excluding hydrogens is 342 g/mol. The van der Waals surface area contributed by atoms with Gasteiger partial charge in [0, 0.05) is 13.1 Å². The molecule has 7 heteroatoms. The standard InChI is InChI=1S/C19H22F2N2O3/c1-23(12-15-5-7-16(25-2)8-6-15)13-18(24)22-11-14-3-9-17(10-4-14)26-19(20)21/h3-10,19H,11-13H2,1-2H3,(H,22,24). The van der Waals surface area contributed by atoms with E-state index < -0.39 is 6.61 Å². The molecule has 2 rings (SSSR count). The summed E-state index contributed by atoms with van der Waals surface area (Å²) in [5, 5.41) is 2.80. The first-order valence-corrected chi connectivity index (χ1v) is 8.08. The zero-order valence-electron chi connectivity index (χ0n) is 14.7. The van der Waals surface area contributed by atoms with Gasteiger partial charge in [-0.15, -0.1) is 0 Å². The molecule has 0 aliphatic heterocycles. The molecule has 0 aliphatic carbocycles. The second kappa shape index (κ2) is 9.72. The van der Waals surface area contributed by atoms with Gasteiger partial charge in [0.1, 0.15) is 11.5 Å². The second-order valence-electron chi connectivity index (χ2n) is 5.82. The molecule has 2 aromatic carbocycles. The number of carbonyl (C=O) groups excluding carboxylic acids is 1. The van der Waals surface area contributed by atoms with Crippen molar-refractivity contribution in [2.24, 2.45) is 0 Å². The maximum Gasteiger partial charge on any atom is 0.387 e. The first kappa shape index (κ1) is 19.7. The summed E-state index contributed by atoms with van der Waals surface area (Å²) in [5.74, 6) is 0.766. The minimum absolute atomic E-state index is 0.0919. The topological polar surface area (TPSA) is 50.8 Å². The van der Waals surface area contributed by atoms with Crippen LogP contribution in [0.25, 0.3) is 0 Å². The van der Waals surface area contributed by atoms with Crippen LogP contribution in [-0.4, -0.2) is 38.1 Å². The lowest BCUT2D eigenvalue weighted by Gasteiger charge is -2.16. The average Bonchev–Trinajstić information content (AvgIpc) is 2.61. The molecule has 0 radical (unpaired) electrons. The van der Waals surface area contributed by atoms with Gasteiger partial charge in [-0.25, -0.2) is 0 Å². The van der Waals surface area contributed by atoms with Crippen LogP contribution >= 0.6 is 0 Å². The molecule has 0 spiro atoms. The number of nitrogens with one attached hydrogen (secondary N) is 1. The van der Waals surface area contributed by atoms with E-state index in [1.807, 2.05) is 36.2 Å². The molecule has 0 aromatic heterocycles. The Hall–Kier alpha value is -2.67. The Morgan fingerprint density at radius 2 is 1.62 bits per heavy atom. The van der Waals surface area contributed by atoms with E-state index in [-0.39, 0.29) is 18.2 Å². The normalized spacial score (nSPS) is 10.8. The molecule has 2 aromatic rings. The van der Waals surface area contributed by atoms with Gasteiger partial charge in [0.2, 0.25) is 5.91 Å². The van der Waals surface area contributed by atoms with E-state index >= 15 is 0 Å². The van der Waals surface area contributed by atoms with Gasteiger partial charge in [-0.05, 0) is 42.4 Å². The molecular formula is C19H22F2N2O3. The Kier molecular flexibility index (Phi) is 7.35. The third kappa shape index (κ3) is 6.68. The molecule has 0 saturated carbocycles. The number of rotatable bonds is 9. The van der Waals surface area contributed by atoms with Crippen LogP contribution < -0.4 is 14.8 Å². The Bertz CT molecular complexity index is 691. The number of amides is 1. The number of benzene rings is 2. The van der Waals surface area contributed by atoms with Crippen molar-refractivity contribution >= 4 is 5.91 Å². The molecule has 140 valence electrons. The van der Waals surface area contributed by atoms with Gasteiger partial charge in [0.15, 0.2) is 0 Å². The van der Waals surface area contributed by atoms with Crippen LogP contribution in [0, 0.1) is 0 Å². The van der Waals surface area contributed by atoms with Crippen molar-refractivity contribution in [2.45, 2.75) is 19.7 Å². The second-order valence-corrected chi connectivity index (χ2v) is 5.82. The highest BCUT2D eigenvalue weighted by Crippen LogP contribution is 2.15. The Balaban J connectivity index is 1.75. The van der Waals surface area contributed by atoms with E-state index in [1.165, 1.54) is 12.1 Å². The largest absolute Gasteiger partial charge is 0.497 e. The number of carbonyl (C=O) groups is 1. The first-order chi connectivity index (χ1) is 12.5. The minimum Gasteiger partial charge on any atom is -0.497 e. The number of halogens is 2. The van der Waals surface area contributed by atoms with Gasteiger partial charge in [-0.3, -0.25) is 9.69 Å². The van der Waals surface area contributed by atoms with Crippen LogP contribution in [0.15, 0.2) is 48.5 Å². The van der Waals surface area contributed by atoms with Crippen LogP contribution in [0.1, 0.15) is 11.1 Å². The van der Waals surface area contributed by atoms with Crippen molar-refractivity contribution in [3.8, 4) is 11.5 Å². The predicted molar refractivity (Wildman–Crippen MR) is 94.2 cm³/mol. The number of methoxy groups -OCH3 is 1. The molecule has 1 N–H and O–H groups in total. The molecule has 0 bridgehead atoms. The number of hydrogen-bond donors (Lipinski definition) is 1. The molecule has 0 heterocycles. The summed E-state index contributed by atoms with van der Waals surface area (Å²) in [5.41, 5.74) is 1.88. The Morgan fingerprint density at radius 1 is 1.04 bits per heavy atom. The summed E-state index contributed by atoms with van der Waals surface area (Å²) in [4.78, 5) is 13.9. The third-order valence-electron chi connectivity index (χ3n) is 3.66. The Labute approximate surface area is 151 Å². The van der Waals surface area contributed by atoms with E-state index in [0.29, 0.717) is 13.1 Å². The van der Waals surface area contributed by atoms with E-state index in [0.717, 1.165) is 16.9 Å². The minimum atomic E-state index is -2.85. The first-order valence-electron chi connectivity index (χ1n) is 8.08. The van der Waals surface area contributed by atoms with Gasteiger partial charge in [-0.1, -0.05) is 24.3 Å². The highest BCUT2D eigenvalue weighted by atomic mass is 19.3. The molecule has 0 fully saturated rings. The molecule has 5 nitrogen and oxygen atoms in total. The van der Waals surface area contributed by atoms with Crippen molar-refractivity contribution in [1.82, 2.24) is 10.2 Å². The monoisotopic (exact) mass is 364 g/mol. The van der Waals surface area contributed by atoms with E-state index in [1.54, 1.807) is 19.2 Å². The van der Waals surface area contributed by atoms with Gasteiger partial charge in [0.25, 0.3) is 0 Å². The fraction of sp³-hybridized carbons (Fsp3) is 0.316. The van der Waals surface area contributed by atoms with Crippen LogP contribution in [0.3, 0.4) is 0 Å². The fourth-order valence-corrected chi connectivity index (χ4v) is 2.39. The maximum absolute atomic E-state index is 12.1. The van der Waals surface area contributed by atoms with Gasteiger partial charge < -0.3 is 14.8 Å². The molecule has 0 aliphatic rings. The number of likely N-dealkylation sites (N-methyl/N-ethyl adjacent to an activating group) is 1. The van der Waals surface area contributed by atoms with E-state index in [2.05, 4.69) is 10.1 Å². The summed E-state index contributed by atoms with van der Waals surface area (Å²) in [7, 11) is 3.48. The maximum atomic E-state index is 12.1. The zero-order chi connectivity index (χ0) is 18.9. The summed E-state index contributed by atoms with van der Waals surface area (Å²) < 4.78 is 33.6. The van der Waals surface area contributed by atoms with Gasteiger partial charge >= 0.3 is 6.61 Å². The third-order valence-corrected chi connectivity index (χ3v) is 3.66. The Morgan fingerprint density at radius 3 is 2.19 bits per heavy atom. The van der Waals surface area contributed by atoms with Crippen molar-refractivity contribution in [2.75, 3.05) is 20.7 Å². The van der Waals surface area contributed by atoms with Crippen LogP contribution in [-0.2, 0) is 17.9 Å². The number of nitrogens with zero attached hydrogens (tertiary/aromatic N) is 1. The summed E-state index contributed by atoms with van der Waals surface area (Å²) in [6.45, 7) is -1.64. The molecule has 0 saturated heterocycles. The molecule has 26 heavy (non-hydrogen) atoms. The molecule has 0 unspecified atom stereocenters. The van der Waals surface area contributed by atoms with Crippen molar-refractivity contribution in [3.05, 3.63) is 59.7 Å². The lowest BCUT2D eigenvalue weighted by molar-refractivity contribution is -0.122. The fourth-order valence-electron chi connectivity index (χ4n) is 2.39. The average molecular weight is 364 g/mol. The molecule has 0 atom stereocenters. The smallest absolute Gasteiger partial charge is 0.387 e. The zero-order valence-corrected chi connectivity index (χ0v) is 14.7. The van der Waals surface area contributed by atoms with Crippen molar-refractivity contribution in [1.29, 1.82) is 0 Å². The van der Waals surface area contributed by atoms with Crippen LogP contribution in [0.4, 0.5) is 8.78 Å². The van der Waals surface area contributed by atoms with E-state index in [9.17, 15) is 13.6 Å². The number of alkyl halides is 2. The van der Waals surface area contributed by atoms with Crippen molar-refractivity contribution < 1.29 is 23.0 Å².